The van der Waals surface area contributed by atoms with E-state index in [9.17, 15) is 4.79 Å². The lowest BCUT2D eigenvalue weighted by Gasteiger charge is -2.10. The molecule has 0 unspecified atom stereocenters. The average Bonchev–Trinajstić information content (AvgIpc) is 3.18. The highest BCUT2D eigenvalue weighted by atomic mass is 32.1. The molecule has 0 fully saturated rings. The molecule has 0 aliphatic rings. The number of thiocarbonyl (C=S) groups is 1. The number of hydrogen-bond acceptors (Lipinski definition) is 4. The Hall–Kier alpha value is -1.92. The van der Waals surface area contributed by atoms with Crippen molar-refractivity contribution < 1.29 is 9.53 Å². The molecule has 4 nitrogen and oxygen atoms in total. The molecule has 0 aliphatic carbocycles. The van der Waals surface area contributed by atoms with E-state index in [2.05, 4.69) is 29.7 Å². The lowest BCUT2D eigenvalue weighted by molar-refractivity contribution is 0.0528. The van der Waals surface area contributed by atoms with Crippen molar-refractivity contribution in [3.8, 4) is 0 Å². The Bertz CT molecular complexity index is 805. The standard InChI is InChI=1S/C26H38N2O2S2/c1-3-5-6-7-8-9-10-11-15-18-27-26(31)28-24-23(25(29)30-4-2)20-22(32-24)19-21-16-13-12-14-17-21/h12-14,16-17,20H,3-11,15,18-19H2,1-2H3,(H2,27,28,31). The summed E-state index contributed by atoms with van der Waals surface area (Å²) in [7, 11) is 0. The summed E-state index contributed by atoms with van der Waals surface area (Å²) in [5.74, 6) is -0.313. The van der Waals surface area contributed by atoms with Gasteiger partial charge in [0, 0.05) is 17.8 Å². The van der Waals surface area contributed by atoms with E-state index < -0.39 is 0 Å². The maximum Gasteiger partial charge on any atom is 0.341 e. The molecule has 0 bridgehead atoms. The molecular formula is C26H38N2O2S2. The molecule has 1 aromatic heterocycles. The van der Waals surface area contributed by atoms with Gasteiger partial charge < -0.3 is 15.4 Å². The van der Waals surface area contributed by atoms with Crippen molar-refractivity contribution in [3.05, 3.63) is 52.4 Å². The van der Waals surface area contributed by atoms with Crippen LogP contribution in [0.25, 0.3) is 0 Å². The molecule has 0 atom stereocenters. The zero-order chi connectivity index (χ0) is 23.0. The number of thiophene rings is 1. The van der Waals surface area contributed by atoms with Gasteiger partial charge in [-0.2, -0.15) is 0 Å². The number of carbonyl (C=O) groups excluding carboxylic acids is 1. The molecule has 0 aliphatic heterocycles. The molecule has 0 saturated carbocycles. The third-order valence-electron chi connectivity index (χ3n) is 5.29. The van der Waals surface area contributed by atoms with Gasteiger partial charge in [0.25, 0.3) is 0 Å². The van der Waals surface area contributed by atoms with E-state index in [0.717, 1.165) is 29.3 Å². The number of hydrogen-bond donors (Lipinski definition) is 2. The Kier molecular flexibility index (Phi) is 13.0. The highest BCUT2D eigenvalue weighted by molar-refractivity contribution is 7.80. The van der Waals surface area contributed by atoms with Crippen molar-refractivity contribution in [2.24, 2.45) is 0 Å². The lowest BCUT2D eigenvalue weighted by Crippen LogP contribution is -2.29. The van der Waals surface area contributed by atoms with E-state index in [4.69, 9.17) is 17.0 Å². The van der Waals surface area contributed by atoms with Gasteiger partial charge in [-0.25, -0.2) is 4.79 Å². The van der Waals surface area contributed by atoms with Crippen molar-refractivity contribution in [1.82, 2.24) is 5.32 Å². The van der Waals surface area contributed by atoms with Gasteiger partial charge in [0.1, 0.15) is 5.00 Å². The van der Waals surface area contributed by atoms with Gasteiger partial charge in [-0.05, 0) is 37.2 Å². The Morgan fingerprint density at radius 1 is 0.969 bits per heavy atom. The number of esters is 1. The van der Waals surface area contributed by atoms with Crippen molar-refractivity contribution in [1.29, 1.82) is 0 Å². The quantitative estimate of drug-likeness (QED) is 0.161. The Balaban J connectivity index is 1.78. The summed E-state index contributed by atoms with van der Waals surface area (Å²) in [6, 6.07) is 12.2. The fourth-order valence-corrected chi connectivity index (χ4v) is 4.92. The monoisotopic (exact) mass is 474 g/mol. The molecule has 32 heavy (non-hydrogen) atoms. The van der Waals surface area contributed by atoms with Crippen molar-refractivity contribution in [2.75, 3.05) is 18.5 Å². The maximum absolute atomic E-state index is 12.4. The SMILES string of the molecule is CCCCCCCCCCCNC(=S)Nc1sc(Cc2ccccc2)cc1C(=O)OCC. The van der Waals surface area contributed by atoms with Crippen LogP contribution in [0.1, 0.15) is 92.4 Å². The van der Waals surface area contributed by atoms with Gasteiger partial charge in [-0.1, -0.05) is 88.6 Å². The first kappa shape index (κ1) is 26.3. The molecule has 0 saturated heterocycles. The molecule has 2 N–H and O–H groups in total. The topological polar surface area (TPSA) is 50.4 Å². The third kappa shape index (κ3) is 10.1. The van der Waals surface area contributed by atoms with Crippen molar-refractivity contribution in [2.45, 2.75) is 78.1 Å². The minimum atomic E-state index is -0.313. The van der Waals surface area contributed by atoms with E-state index in [1.165, 1.54) is 56.9 Å². The zero-order valence-corrected chi connectivity index (χ0v) is 21.2. The average molecular weight is 475 g/mol. The minimum Gasteiger partial charge on any atom is -0.462 e. The highest BCUT2D eigenvalue weighted by Crippen LogP contribution is 2.30. The number of benzene rings is 1. The Labute approximate surface area is 203 Å². The second kappa shape index (κ2) is 15.8. The number of nitrogens with one attached hydrogen (secondary N) is 2. The predicted octanol–water partition coefficient (Wildman–Crippen LogP) is 7.33. The van der Waals surface area contributed by atoms with Crippen molar-refractivity contribution >= 4 is 39.6 Å². The van der Waals surface area contributed by atoms with Gasteiger partial charge in [-0.15, -0.1) is 11.3 Å². The number of anilines is 1. The summed E-state index contributed by atoms with van der Waals surface area (Å²) in [5.41, 5.74) is 1.76. The van der Waals surface area contributed by atoms with Crippen LogP contribution in [0.3, 0.4) is 0 Å². The number of ether oxygens (including phenoxy) is 1. The summed E-state index contributed by atoms with van der Waals surface area (Å²) in [6.45, 7) is 5.27. The van der Waals surface area contributed by atoms with E-state index in [-0.39, 0.29) is 5.97 Å². The first-order valence-electron chi connectivity index (χ1n) is 12.0. The van der Waals surface area contributed by atoms with Crippen LogP contribution in [0.4, 0.5) is 5.00 Å². The van der Waals surface area contributed by atoms with Crippen LogP contribution in [0.5, 0.6) is 0 Å². The van der Waals surface area contributed by atoms with E-state index in [1.807, 2.05) is 31.2 Å². The highest BCUT2D eigenvalue weighted by Gasteiger charge is 2.18. The van der Waals surface area contributed by atoms with Crippen LogP contribution in [-0.2, 0) is 11.2 Å². The molecule has 6 heteroatoms. The fourth-order valence-electron chi connectivity index (χ4n) is 3.56. The normalized spacial score (nSPS) is 10.7. The van der Waals surface area contributed by atoms with Crippen LogP contribution in [0.2, 0.25) is 0 Å². The molecular weight excluding hydrogens is 436 g/mol. The van der Waals surface area contributed by atoms with Crippen LogP contribution in [0.15, 0.2) is 36.4 Å². The Morgan fingerprint density at radius 3 is 2.28 bits per heavy atom. The van der Waals surface area contributed by atoms with Gasteiger partial charge in [0.2, 0.25) is 0 Å². The number of carbonyl (C=O) groups is 1. The minimum absolute atomic E-state index is 0.313. The summed E-state index contributed by atoms with van der Waals surface area (Å²) in [5, 5.41) is 7.81. The molecule has 176 valence electrons. The number of rotatable bonds is 15. The molecule has 0 amide bonds. The first-order chi connectivity index (χ1) is 15.6. The van der Waals surface area contributed by atoms with E-state index >= 15 is 0 Å². The lowest BCUT2D eigenvalue weighted by atomic mass is 10.1. The van der Waals surface area contributed by atoms with Crippen LogP contribution >= 0.6 is 23.6 Å². The van der Waals surface area contributed by atoms with Gasteiger partial charge in [0.15, 0.2) is 5.11 Å². The van der Waals surface area contributed by atoms with Gasteiger partial charge in [-0.3, -0.25) is 0 Å². The second-order valence-corrected chi connectivity index (χ2v) is 9.59. The molecule has 1 aromatic carbocycles. The summed E-state index contributed by atoms with van der Waals surface area (Å²) in [4.78, 5) is 13.5. The Morgan fingerprint density at radius 2 is 1.62 bits per heavy atom. The smallest absolute Gasteiger partial charge is 0.341 e. The van der Waals surface area contributed by atoms with E-state index in [0.29, 0.717) is 17.3 Å². The predicted molar refractivity (Wildman–Crippen MR) is 141 cm³/mol. The molecule has 0 spiro atoms. The summed E-state index contributed by atoms with van der Waals surface area (Å²) >= 11 is 7.03. The van der Waals surface area contributed by atoms with Gasteiger partial charge in [0.05, 0.1) is 12.2 Å². The van der Waals surface area contributed by atoms with Crippen LogP contribution < -0.4 is 10.6 Å². The third-order valence-corrected chi connectivity index (χ3v) is 6.59. The summed E-state index contributed by atoms with van der Waals surface area (Å²) < 4.78 is 5.24. The van der Waals surface area contributed by atoms with Crippen LogP contribution in [-0.4, -0.2) is 24.2 Å². The first-order valence-corrected chi connectivity index (χ1v) is 13.2. The van der Waals surface area contributed by atoms with E-state index in [1.54, 1.807) is 11.3 Å². The van der Waals surface area contributed by atoms with Crippen LogP contribution in [0, 0.1) is 0 Å². The van der Waals surface area contributed by atoms with Crippen molar-refractivity contribution in [3.63, 3.8) is 0 Å². The second-order valence-electron chi connectivity index (χ2n) is 8.05. The largest absolute Gasteiger partial charge is 0.462 e. The molecule has 0 radical (unpaired) electrons. The number of unbranched alkanes of at least 4 members (excludes halogenated alkanes) is 8. The molecule has 1 heterocycles. The fraction of sp³-hybridized carbons (Fsp3) is 0.538. The van der Waals surface area contributed by atoms with Gasteiger partial charge >= 0.3 is 5.97 Å². The molecule has 2 rings (SSSR count). The zero-order valence-electron chi connectivity index (χ0n) is 19.6. The molecule has 2 aromatic rings. The maximum atomic E-state index is 12.4. The summed E-state index contributed by atoms with van der Waals surface area (Å²) in [6.07, 6.45) is 12.5.